The molecule has 6 heteroatoms. The van der Waals surface area contributed by atoms with Gasteiger partial charge in [-0.25, -0.2) is 0 Å². The molecule has 0 saturated carbocycles. The number of hydrogen-bond donors (Lipinski definition) is 1. The third kappa shape index (κ3) is 4.40. The van der Waals surface area contributed by atoms with E-state index in [1.807, 2.05) is 55.1 Å². The van der Waals surface area contributed by atoms with Gasteiger partial charge < -0.3 is 10.2 Å². The van der Waals surface area contributed by atoms with Crippen LogP contribution in [0.4, 0.5) is 5.69 Å². The third-order valence-corrected chi connectivity index (χ3v) is 5.77. The van der Waals surface area contributed by atoms with Gasteiger partial charge in [0.05, 0.1) is 10.9 Å². The number of thioether (sulfide) groups is 1. The number of carbonyl (C=O) groups excluding carboxylic acids is 2. The van der Waals surface area contributed by atoms with Crippen LogP contribution in [0.15, 0.2) is 53.4 Å². The Labute approximate surface area is 162 Å². The van der Waals surface area contributed by atoms with Gasteiger partial charge in [-0.1, -0.05) is 41.9 Å². The smallest absolute Gasteiger partial charge is 0.238 e. The first kappa shape index (κ1) is 18.8. The Morgan fingerprint density at radius 3 is 2.65 bits per heavy atom. The molecule has 136 valence electrons. The summed E-state index contributed by atoms with van der Waals surface area (Å²) in [5.41, 5.74) is 1.79. The highest BCUT2D eigenvalue weighted by Crippen LogP contribution is 2.38. The van der Waals surface area contributed by atoms with Crippen LogP contribution in [0.1, 0.15) is 25.8 Å². The first-order chi connectivity index (χ1) is 12.4. The lowest BCUT2D eigenvalue weighted by molar-refractivity contribution is -0.134. The van der Waals surface area contributed by atoms with E-state index >= 15 is 0 Å². The number of carbonyl (C=O) groups is 2. The number of anilines is 1. The van der Waals surface area contributed by atoms with Crippen LogP contribution in [-0.2, 0) is 16.1 Å². The average molecular weight is 389 g/mol. The Bertz CT molecular complexity index is 811. The second-order valence-electron chi connectivity index (χ2n) is 6.54. The molecule has 0 spiro atoms. The van der Waals surface area contributed by atoms with E-state index in [0.29, 0.717) is 17.3 Å². The molecule has 0 radical (unpaired) electrons. The summed E-state index contributed by atoms with van der Waals surface area (Å²) in [4.78, 5) is 28.0. The molecule has 0 unspecified atom stereocenters. The standard InChI is InChI=1S/C20H21ClN2O2S/c1-13(2)23(12-14-6-4-3-5-7-14)19(24)11-18-20(25)22-16-10-15(21)8-9-17(16)26-18/h3-10,13,18H,11-12H2,1-2H3,(H,22,25)/t18-/m1/s1. The summed E-state index contributed by atoms with van der Waals surface area (Å²) in [6.45, 7) is 4.53. The number of halogens is 1. The molecule has 1 N–H and O–H groups in total. The van der Waals surface area contributed by atoms with Crippen molar-refractivity contribution >= 4 is 40.9 Å². The molecular formula is C20H21ClN2O2S. The number of nitrogens with zero attached hydrogens (tertiary/aromatic N) is 1. The Morgan fingerprint density at radius 2 is 1.96 bits per heavy atom. The van der Waals surface area contributed by atoms with Gasteiger partial charge in [0.25, 0.3) is 0 Å². The first-order valence-electron chi connectivity index (χ1n) is 8.54. The molecule has 0 bridgehead atoms. The molecule has 1 aliphatic heterocycles. The van der Waals surface area contributed by atoms with Crippen LogP contribution in [0.2, 0.25) is 5.02 Å². The SMILES string of the molecule is CC(C)N(Cc1ccccc1)C(=O)C[C@H]1Sc2ccc(Cl)cc2NC1=O. The van der Waals surface area contributed by atoms with Crippen LogP contribution in [0, 0.1) is 0 Å². The summed E-state index contributed by atoms with van der Waals surface area (Å²) in [5, 5.41) is 3.00. The predicted molar refractivity (Wildman–Crippen MR) is 106 cm³/mol. The zero-order chi connectivity index (χ0) is 18.7. The maximum absolute atomic E-state index is 12.9. The normalized spacial score (nSPS) is 16.2. The van der Waals surface area contributed by atoms with E-state index in [1.165, 1.54) is 11.8 Å². The van der Waals surface area contributed by atoms with E-state index in [4.69, 9.17) is 11.6 Å². The lowest BCUT2D eigenvalue weighted by Crippen LogP contribution is -2.40. The highest BCUT2D eigenvalue weighted by Gasteiger charge is 2.31. The molecule has 1 aliphatic rings. The zero-order valence-corrected chi connectivity index (χ0v) is 16.3. The number of benzene rings is 2. The molecule has 0 fully saturated rings. The largest absolute Gasteiger partial charge is 0.336 e. The van der Waals surface area contributed by atoms with Crippen molar-refractivity contribution in [1.82, 2.24) is 4.90 Å². The molecule has 1 atom stereocenters. The van der Waals surface area contributed by atoms with Gasteiger partial charge in [-0.15, -0.1) is 11.8 Å². The Balaban J connectivity index is 1.71. The van der Waals surface area contributed by atoms with Crippen molar-refractivity contribution in [3.8, 4) is 0 Å². The van der Waals surface area contributed by atoms with E-state index in [-0.39, 0.29) is 24.3 Å². The quantitative estimate of drug-likeness (QED) is 0.815. The number of amides is 2. The fourth-order valence-electron chi connectivity index (χ4n) is 2.87. The molecule has 3 rings (SSSR count). The van der Waals surface area contributed by atoms with Crippen LogP contribution in [0.3, 0.4) is 0 Å². The fraction of sp³-hybridized carbons (Fsp3) is 0.300. The number of rotatable bonds is 5. The topological polar surface area (TPSA) is 49.4 Å². The lowest BCUT2D eigenvalue weighted by atomic mass is 10.1. The van der Waals surface area contributed by atoms with Gasteiger partial charge in [-0.05, 0) is 37.6 Å². The van der Waals surface area contributed by atoms with E-state index in [0.717, 1.165) is 10.5 Å². The van der Waals surface area contributed by atoms with Crippen molar-refractivity contribution in [3.05, 3.63) is 59.1 Å². The molecule has 2 aromatic rings. The van der Waals surface area contributed by atoms with Crippen LogP contribution in [0.5, 0.6) is 0 Å². The van der Waals surface area contributed by atoms with Crippen LogP contribution in [-0.4, -0.2) is 28.0 Å². The Hall–Kier alpha value is -1.98. The second kappa shape index (κ2) is 8.14. The van der Waals surface area contributed by atoms with Gasteiger partial charge in [0.15, 0.2) is 0 Å². The predicted octanol–water partition coefficient (Wildman–Crippen LogP) is 4.58. The molecule has 4 nitrogen and oxygen atoms in total. The molecule has 0 aromatic heterocycles. The molecule has 2 aromatic carbocycles. The lowest BCUT2D eigenvalue weighted by Gasteiger charge is -2.30. The minimum absolute atomic E-state index is 0.0195. The van der Waals surface area contributed by atoms with Crippen molar-refractivity contribution in [3.63, 3.8) is 0 Å². The van der Waals surface area contributed by atoms with Crippen LogP contribution >= 0.6 is 23.4 Å². The maximum atomic E-state index is 12.9. The van der Waals surface area contributed by atoms with Crippen molar-refractivity contribution < 1.29 is 9.59 Å². The van der Waals surface area contributed by atoms with Crippen LogP contribution in [0.25, 0.3) is 0 Å². The third-order valence-electron chi connectivity index (χ3n) is 4.26. The zero-order valence-electron chi connectivity index (χ0n) is 14.7. The molecule has 2 amide bonds. The summed E-state index contributed by atoms with van der Waals surface area (Å²) in [6.07, 6.45) is 0.170. The Morgan fingerprint density at radius 1 is 1.23 bits per heavy atom. The van der Waals surface area contributed by atoms with Gasteiger partial charge in [-0.3, -0.25) is 9.59 Å². The highest BCUT2D eigenvalue weighted by molar-refractivity contribution is 8.01. The summed E-state index contributed by atoms with van der Waals surface area (Å²) in [7, 11) is 0. The van der Waals surface area contributed by atoms with Gasteiger partial charge in [0.1, 0.15) is 0 Å². The van der Waals surface area contributed by atoms with E-state index < -0.39 is 5.25 Å². The number of hydrogen-bond acceptors (Lipinski definition) is 3. The highest BCUT2D eigenvalue weighted by atomic mass is 35.5. The van der Waals surface area contributed by atoms with Crippen molar-refractivity contribution in [1.29, 1.82) is 0 Å². The summed E-state index contributed by atoms with van der Waals surface area (Å²) < 4.78 is 0. The fourth-order valence-corrected chi connectivity index (χ4v) is 4.13. The monoisotopic (exact) mass is 388 g/mol. The minimum Gasteiger partial charge on any atom is -0.336 e. The average Bonchev–Trinajstić information content (AvgIpc) is 2.61. The van der Waals surface area contributed by atoms with Gasteiger partial charge in [-0.2, -0.15) is 0 Å². The van der Waals surface area contributed by atoms with E-state index in [1.54, 1.807) is 12.1 Å². The van der Waals surface area contributed by atoms with E-state index in [2.05, 4.69) is 5.32 Å². The van der Waals surface area contributed by atoms with Gasteiger partial charge >= 0.3 is 0 Å². The molecular weight excluding hydrogens is 368 g/mol. The van der Waals surface area contributed by atoms with Crippen molar-refractivity contribution in [2.45, 2.75) is 43.0 Å². The van der Waals surface area contributed by atoms with Crippen molar-refractivity contribution in [2.24, 2.45) is 0 Å². The second-order valence-corrected chi connectivity index (χ2v) is 8.22. The maximum Gasteiger partial charge on any atom is 0.238 e. The summed E-state index contributed by atoms with van der Waals surface area (Å²) >= 11 is 7.40. The summed E-state index contributed by atoms with van der Waals surface area (Å²) in [5.74, 6) is -0.171. The molecule has 26 heavy (non-hydrogen) atoms. The Kier molecular flexibility index (Phi) is 5.89. The van der Waals surface area contributed by atoms with E-state index in [9.17, 15) is 9.59 Å². The van der Waals surface area contributed by atoms with Gasteiger partial charge in [0.2, 0.25) is 11.8 Å². The number of nitrogens with one attached hydrogen (secondary N) is 1. The molecule has 0 aliphatic carbocycles. The van der Waals surface area contributed by atoms with Gasteiger partial charge in [0, 0.05) is 28.9 Å². The number of fused-ring (bicyclic) bond motifs is 1. The minimum atomic E-state index is -0.437. The summed E-state index contributed by atoms with van der Waals surface area (Å²) in [6, 6.07) is 15.4. The van der Waals surface area contributed by atoms with Crippen LogP contribution < -0.4 is 5.32 Å². The first-order valence-corrected chi connectivity index (χ1v) is 9.80. The molecule has 0 saturated heterocycles. The molecule has 1 heterocycles. The van der Waals surface area contributed by atoms with Crippen molar-refractivity contribution in [2.75, 3.05) is 5.32 Å².